The van der Waals surface area contributed by atoms with Crippen LogP contribution in [0.15, 0.2) is 37.0 Å². The Bertz CT molecular complexity index is 154. The van der Waals surface area contributed by atoms with Crippen molar-refractivity contribution in [2.45, 2.75) is 20.8 Å². The fraction of sp³-hybridized carbons (Fsp3) is 0.333. The van der Waals surface area contributed by atoms with Crippen molar-refractivity contribution in [2.75, 3.05) is 0 Å². The molecule has 0 aromatic rings. The molecule has 0 radical (unpaired) electrons. The lowest BCUT2D eigenvalue weighted by atomic mass is 10.2. The molecule has 72 valence electrons. The minimum atomic E-state index is -0.719. The highest BCUT2D eigenvalue weighted by Crippen LogP contribution is 1.95. The van der Waals surface area contributed by atoms with E-state index in [2.05, 4.69) is 0 Å². The van der Waals surface area contributed by atoms with E-state index in [1.165, 1.54) is 18.8 Å². The molecule has 0 saturated carbocycles. The van der Waals surface area contributed by atoms with Gasteiger partial charge >= 0.3 is 7.32 Å². The van der Waals surface area contributed by atoms with E-state index in [9.17, 15) is 0 Å². The Balaban J connectivity index is 3.86. The molecule has 0 atom stereocenters. The largest absolute Gasteiger partial charge is 0.862 e. The van der Waals surface area contributed by atoms with E-state index in [-0.39, 0.29) is 0 Å². The number of rotatable bonds is 6. The average molecular weight is 182 g/mol. The SMILES string of the molecule is CC=COB(OC=CC)OC=CC. The smallest absolute Gasteiger partial charge is 0.497 e. The summed E-state index contributed by atoms with van der Waals surface area (Å²) in [6.07, 6.45) is 9.80. The van der Waals surface area contributed by atoms with Gasteiger partial charge in [-0.1, -0.05) is 18.2 Å². The minimum absolute atomic E-state index is 0.719. The van der Waals surface area contributed by atoms with Crippen LogP contribution in [0, 0.1) is 0 Å². The van der Waals surface area contributed by atoms with Crippen LogP contribution in [0.1, 0.15) is 20.8 Å². The molecule has 3 nitrogen and oxygen atoms in total. The molecule has 0 aromatic heterocycles. The van der Waals surface area contributed by atoms with Crippen LogP contribution in [0.4, 0.5) is 0 Å². The zero-order valence-electron chi connectivity index (χ0n) is 8.27. The normalized spacial score (nSPS) is 11.3. The third-order valence-corrected chi connectivity index (χ3v) is 0.977. The van der Waals surface area contributed by atoms with E-state index in [1.807, 2.05) is 20.8 Å². The van der Waals surface area contributed by atoms with Gasteiger partial charge in [-0.15, -0.1) is 0 Å². The van der Waals surface area contributed by atoms with Gasteiger partial charge in [0.15, 0.2) is 0 Å². The Labute approximate surface area is 79.9 Å². The van der Waals surface area contributed by atoms with Crippen LogP contribution in [0.25, 0.3) is 0 Å². The van der Waals surface area contributed by atoms with Crippen LogP contribution in [0.5, 0.6) is 0 Å². The zero-order chi connectivity index (χ0) is 9.94. The highest BCUT2D eigenvalue weighted by molar-refractivity contribution is 6.37. The molecule has 0 aromatic carbocycles. The number of allylic oxidation sites excluding steroid dienone is 3. The first kappa shape index (κ1) is 11.7. The Morgan fingerprint density at radius 1 is 0.692 bits per heavy atom. The van der Waals surface area contributed by atoms with Crippen molar-refractivity contribution >= 4 is 7.32 Å². The molecule has 0 unspecified atom stereocenters. The molecular formula is C9H15BO3. The maximum absolute atomic E-state index is 5.07. The Hall–Kier alpha value is -1.32. The molecule has 0 heterocycles. The van der Waals surface area contributed by atoms with Gasteiger partial charge in [-0.2, -0.15) is 0 Å². The monoisotopic (exact) mass is 182 g/mol. The van der Waals surface area contributed by atoms with Crippen molar-refractivity contribution in [3.8, 4) is 0 Å². The summed E-state index contributed by atoms with van der Waals surface area (Å²) in [5, 5.41) is 0. The first-order valence-corrected chi connectivity index (χ1v) is 4.15. The quantitative estimate of drug-likeness (QED) is 0.466. The summed E-state index contributed by atoms with van der Waals surface area (Å²) in [6.45, 7) is 5.55. The molecule has 13 heavy (non-hydrogen) atoms. The lowest BCUT2D eigenvalue weighted by molar-refractivity contribution is 0.223. The van der Waals surface area contributed by atoms with Gasteiger partial charge in [0.25, 0.3) is 0 Å². The van der Waals surface area contributed by atoms with Crippen LogP contribution >= 0.6 is 0 Å². The van der Waals surface area contributed by atoms with Gasteiger partial charge < -0.3 is 14.0 Å². The van der Waals surface area contributed by atoms with E-state index in [0.717, 1.165) is 0 Å². The summed E-state index contributed by atoms with van der Waals surface area (Å²) in [5.74, 6) is 0. The van der Waals surface area contributed by atoms with E-state index >= 15 is 0 Å². The predicted molar refractivity (Wildman–Crippen MR) is 53.5 cm³/mol. The van der Waals surface area contributed by atoms with E-state index in [0.29, 0.717) is 0 Å². The van der Waals surface area contributed by atoms with Gasteiger partial charge in [0.1, 0.15) is 0 Å². The van der Waals surface area contributed by atoms with Crippen molar-refractivity contribution in [3.05, 3.63) is 37.0 Å². The maximum atomic E-state index is 5.07. The summed E-state index contributed by atoms with van der Waals surface area (Å²) in [5.41, 5.74) is 0. The third-order valence-electron chi connectivity index (χ3n) is 0.977. The Kier molecular flexibility index (Phi) is 7.89. The number of hydrogen-bond acceptors (Lipinski definition) is 3. The number of hydrogen-bond donors (Lipinski definition) is 0. The summed E-state index contributed by atoms with van der Waals surface area (Å²) in [4.78, 5) is 0. The second-order valence-corrected chi connectivity index (χ2v) is 2.11. The minimum Gasteiger partial charge on any atom is -0.497 e. The van der Waals surface area contributed by atoms with Crippen LogP contribution < -0.4 is 0 Å². The molecule has 0 rings (SSSR count). The Morgan fingerprint density at radius 3 is 1.23 bits per heavy atom. The third kappa shape index (κ3) is 7.06. The van der Waals surface area contributed by atoms with E-state index in [4.69, 9.17) is 14.0 Å². The van der Waals surface area contributed by atoms with Gasteiger partial charge in [0.2, 0.25) is 0 Å². The van der Waals surface area contributed by atoms with Gasteiger partial charge in [0.05, 0.1) is 18.8 Å². The van der Waals surface area contributed by atoms with Crippen molar-refractivity contribution in [2.24, 2.45) is 0 Å². The molecular weight excluding hydrogens is 167 g/mol. The summed E-state index contributed by atoms with van der Waals surface area (Å²) in [7, 11) is -0.719. The van der Waals surface area contributed by atoms with Gasteiger partial charge in [-0.25, -0.2) is 0 Å². The summed E-state index contributed by atoms with van der Waals surface area (Å²) < 4.78 is 15.2. The van der Waals surface area contributed by atoms with E-state index < -0.39 is 7.32 Å². The molecule has 0 aliphatic carbocycles. The Morgan fingerprint density at radius 2 is 1.00 bits per heavy atom. The molecule has 0 aliphatic heterocycles. The second-order valence-electron chi connectivity index (χ2n) is 2.11. The standard InChI is InChI=1S/C9H15BO3/c1-4-7-11-10(12-8-5-2)13-9-6-3/h4-9H,1-3H3. The summed E-state index contributed by atoms with van der Waals surface area (Å²) >= 11 is 0. The maximum Gasteiger partial charge on any atom is 0.862 e. The lowest BCUT2D eigenvalue weighted by Gasteiger charge is -2.07. The van der Waals surface area contributed by atoms with Crippen molar-refractivity contribution in [1.82, 2.24) is 0 Å². The second kappa shape index (κ2) is 8.78. The fourth-order valence-electron chi connectivity index (χ4n) is 0.524. The predicted octanol–water partition coefficient (Wildman–Crippen LogP) is 2.62. The van der Waals surface area contributed by atoms with E-state index in [1.54, 1.807) is 18.2 Å². The molecule has 4 heteroatoms. The molecule has 0 bridgehead atoms. The molecule has 0 amide bonds. The zero-order valence-corrected chi connectivity index (χ0v) is 8.27. The van der Waals surface area contributed by atoms with Crippen molar-refractivity contribution < 1.29 is 14.0 Å². The molecule has 0 aliphatic rings. The van der Waals surface area contributed by atoms with Gasteiger partial charge in [-0.3, -0.25) is 0 Å². The first-order chi connectivity index (χ1) is 6.35. The fourth-order valence-corrected chi connectivity index (χ4v) is 0.524. The highest BCUT2D eigenvalue weighted by Gasteiger charge is 2.23. The molecule has 0 fully saturated rings. The van der Waals surface area contributed by atoms with Crippen LogP contribution in [0.2, 0.25) is 0 Å². The van der Waals surface area contributed by atoms with Crippen LogP contribution in [-0.2, 0) is 14.0 Å². The van der Waals surface area contributed by atoms with Crippen LogP contribution in [-0.4, -0.2) is 7.32 Å². The topological polar surface area (TPSA) is 27.7 Å². The van der Waals surface area contributed by atoms with Crippen LogP contribution in [0.3, 0.4) is 0 Å². The molecule has 0 saturated heterocycles. The lowest BCUT2D eigenvalue weighted by Crippen LogP contribution is -2.20. The van der Waals surface area contributed by atoms with Crippen molar-refractivity contribution in [1.29, 1.82) is 0 Å². The first-order valence-electron chi connectivity index (χ1n) is 4.15. The molecule has 0 spiro atoms. The van der Waals surface area contributed by atoms with Gasteiger partial charge in [-0.05, 0) is 20.8 Å². The summed E-state index contributed by atoms with van der Waals surface area (Å²) in [6, 6.07) is 0. The molecule has 0 N–H and O–H groups in total. The van der Waals surface area contributed by atoms with Gasteiger partial charge in [0, 0.05) is 0 Å². The average Bonchev–Trinajstić information content (AvgIpc) is 2.17. The highest BCUT2D eigenvalue weighted by atomic mass is 16.7. The van der Waals surface area contributed by atoms with Crippen molar-refractivity contribution in [3.63, 3.8) is 0 Å².